The van der Waals surface area contributed by atoms with E-state index in [1.807, 2.05) is 6.92 Å². The summed E-state index contributed by atoms with van der Waals surface area (Å²) in [4.78, 5) is 34.4. The molecule has 2 amide bonds. The largest absolute Gasteiger partial charge is 0.513 e. The van der Waals surface area contributed by atoms with Crippen molar-refractivity contribution in [2.45, 2.75) is 107 Å². The maximum Gasteiger partial charge on any atom is 0.425 e. The fourth-order valence-electron chi connectivity index (χ4n) is 7.52. The number of carbonyl (C=O) groups excluding carboxylic acids is 2. The van der Waals surface area contributed by atoms with Gasteiger partial charge in [-0.2, -0.15) is 26.3 Å². The highest BCUT2D eigenvalue weighted by Gasteiger charge is 2.57. The standard InChI is InChI=1S/C39H45F6N3O6S/c1-4-10-31-37(54-27-23-32(55-24-27)39(43,44)45,16-9-20-48(31)34(50)33-29(38(40,41)42)14-8-19-46-33)35(51)47-21-17-36(52,18-22-47)28-13-5-6-15-30(28)53-26(3)12-7-11-25(2)49/h5-6,8,13-15,19,23-24,26,31,49,52H,2,4,7,9-12,16-18,20-22H2,1,3H3/t26-,31-,37+/m1/s1. The highest BCUT2D eigenvalue weighted by molar-refractivity contribution is 7.10. The van der Waals surface area contributed by atoms with Gasteiger partial charge in [0.15, 0.2) is 0 Å². The number of benzene rings is 1. The Hall–Kier alpha value is -4.31. The van der Waals surface area contributed by atoms with Crippen LogP contribution in [0.5, 0.6) is 11.5 Å². The topological polar surface area (TPSA) is 112 Å². The van der Waals surface area contributed by atoms with Gasteiger partial charge in [0.2, 0.25) is 5.60 Å². The number of allylic oxidation sites excluding steroid dienone is 1. The second-order valence-corrected chi connectivity index (χ2v) is 15.1. The third-order valence-electron chi connectivity index (χ3n) is 10.2. The molecule has 0 bridgehead atoms. The summed E-state index contributed by atoms with van der Waals surface area (Å²) in [6.45, 7) is 7.06. The number of aromatic nitrogens is 1. The lowest BCUT2D eigenvalue weighted by Gasteiger charge is -2.51. The van der Waals surface area contributed by atoms with Gasteiger partial charge in [-0.15, -0.1) is 11.3 Å². The summed E-state index contributed by atoms with van der Waals surface area (Å²) in [5.74, 6) is -1.45. The van der Waals surface area contributed by atoms with E-state index in [9.17, 15) is 46.1 Å². The zero-order chi connectivity index (χ0) is 40.2. The smallest absolute Gasteiger partial charge is 0.425 e. The van der Waals surface area contributed by atoms with Crippen LogP contribution in [0.25, 0.3) is 0 Å². The van der Waals surface area contributed by atoms with E-state index in [0.29, 0.717) is 48.3 Å². The number of rotatable bonds is 13. The first kappa shape index (κ1) is 41.8. The lowest BCUT2D eigenvalue weighted by atomic mass is 9.78. The summed E-state index contributed by atoms with van der Waals surface area (Å²) in [6, 6.07) is 8.40. The minimum absolute atomic E-state index is 0.00830. The van der Waals surface area contributed by atoms with Crippen molar-refractivity contribution >= 4 is 23.2 Å². The number of nitrogens with zero attached hydrogens (tertiary/aromatic N) is 3. The maximum atomic E-state index is 14.9. The molecule has 55 heavy (non-hydrogen) atoms. The van der Waals surface area contributed by atoms with Crippen molar-refractivity contribution in [2.75, 3.05) is 19.6 Å². The molecule has 1 aromatic carbocycles. The molecule has 3 aromatic rings. The Morgan fingerprint density at radius 1 is 1.05 bits per heavy atom. The summed E-state index contributed by atoms with van der Waals surface area (Å²) in [6.07, 6.45) is -6.55. The van der Waals surface area contributed by atoms with E-state index in [0.717, 1.165) is 34.7 Å². The second kappa shape index (κ2) is 16.8. The van der Waals surface area contributed by atoms with Crippen LogP contribution < -0.4 is 9.47 Å². The molecular formula is C39H45F6N3O6S. The number of alkyl halides is 6. The normalized spacial score (nSPS) is 20.9. The van der Waals surface area contributed by atoms with Gasteiger partial charge in [0.1, 0.15) is 22.1 Å². The quantitative estimate of drug-likeness (QED) is 0.131. The molecule has 2 aliphatic heterocycles. The van der Waals surface area contributed by atoms with Crippen LogP contribution in [0.15, 0.2) is 66.4 Å². The number of amides is 2. The minimum atomic E-state index is -4.91. The fourth-order valence-corrected chi connectivity index (χ4v) is 8.19. The molecular weight excluding hydrogens is 752 g/mol. The van der Waals surface area contributed by atoms with Gasteiger partial charge in [-0.3, -0.25) is 14.6 Å². The lowest BCUT2D eigenvalue weighted by molar-refractivity contribution is -0.163. The zero-order valence-electron chi connectivity index (χ0n) is 30.6. The summed E-state index contributed by atoms with van der Waals surface area (Å²) in [7, 11) is 0. The van der Waals surface area contributed by atoms with Crippen molar-refractivity contribution in [3.05, 3.63) is 88.1 Å². The van der Waals surface area contributed by atoms with Gasteiger partial charge < -0.3 is 29.5 Å². The number of pyridine rings is 1. The molecule has 0 saturated carbocycles. The summed E-state index contributed by atoms with van der Waals surface area (Å²) < 4.78 is 95.8. The number of ether oxygens (including phenoxy) is 2. The molecule has 0 radical (unpaired) electrons. The van der Waals surface area contributed by atoms with Crippen molar-refractivity contribution in [1.82, 2.24) is 14.8 Å². The van der Waals surface area contributed by atoms with Crippen molar-refractivity contribution in [1.29, 1.82) is 0 Å². The average molecular weight is 798 g/mol. The molecule has 2 aromatic heterocycles. The van der Waals surface area contributed by atoms with Crippen LogP contribution in [0, 0.1) is 0 Å². The number of thiophene rings is 1. The summed E-state index contributed by atoms with van der Waals surface area (Å²) in [5, 5.41) is 22.5. The Kier molecular flexibility index (Phi) is 12.8. The van der Waals surface area contributed by atoms with Crippen molar-refractivity contribution in [3.8, 4) is 11.5 Å². The third kappa shape index (κ3) is 9.39. The Morgan fingerprint density at radius 3 is 2.40 bits per heavy atom. The molecule has 4 heterocycles. The number of hydrogen-bond acceptors (Lipinski definition) is 8. The number of carbonyl (C=O) groups is 2. The first-order chi connectivity index (χ1) is 25.9. The predicted molar refractivity (Wildman–Crippen MR) is 193 cm³/mol. The van der Waals surface area contributed by atoms with E-state index in [-0.39, 0.29) is 69.4 Å². The van der Waals surface area contributed by atoms with Gasteiger partial charge in [0.25, 0.3) is 11.8 Å². The highest BCUT2D eigenvalue weighted by atomic mass is 32.1. The fraction of sp³-hybridized carbons (Fsp3) is 0.513. The Balaban J connectivity index is 1.46. The average Bonchev–Trinajstić information content (AvgIpc) is 3.61. The lowest BCUT2D eigenvalue weighted by Crippen LogP contribution is -2.68. The summed E-state index contributed by atoms with van der Waals surface area (Å²) >= 11 is 0.372. The van der Waals surface area contributed by atoms with E-state index in [1.165, 1.54) is 4.90 Å². The van der Waals surface area contributed by atoms with Gasteiger partial charge in [-0.25, -0.2) is 0 Å². The van der Waals surface area contributed by atoms with Gasteiger partial charge in [-0.05, 0) is 63.6 Å². The number of aliphatic hydroxyl groups excluding tert-OH is 1. The molecule has 16 heteroatoms. The van der Waals surface area contributed by atoms with E-state index in [2.05, 4.69) is 11.6 Å². The molecule has 0 spiro atoms. The molecule has 300 valence electrons. The van der Waals surface area contributed by atoms with Gasteiger partial charge in [0, 0.05) is 55.7 Å². The third-order valence-corrected chi connectivity index (χ3v) is 11.1. The number of hydrogen-bond donors (Lipinski definition) is 2. The number of halogens is 6. The van der Waals surface area contributed by atoms with Crippen LogP contribution >= 0.6 is 11.3 Å². The van der Waals surface area contributed by atoms with Crippen molar-refractivity contribution < 1.29 is 55.6 Å². The van der Waals surface area contributed by atoms with E-state index in [4.69, 9.17) is 9.47 Å². The molecule has 0 aliphatic carbocycles. The molecule has 2 fully saturated rings. The van der Waals surface area contributed by atoms with Gasteiger partial charge >= 0.3 is 12.4 Å². The second-order valence-electron chi connectivity index (χ2n) is 14.1. The Morgan fingerprint density at radius 2 is 1.76 bits per heavy atom. The Labute approximate surface area is 319 Å². The van der Waals surface area contributed by atoms with E-state index < -0.39 is 57.5 Å². The Bertz CT molecular complexity index is 1830. The van der Waals surface area contributed by atoms with Crippen LogP contribution in [0.4, 0.5) is 26.3 Å². The van der Waals surface area contributed by atoms with Gasteiger partial charge in [-0.1, -0.05) is 38.1 Å². The first-order valence-corrected chi connectivity index (χ1v) is 19.1. The molecule has 2 aliphatic rings. The first-order valence-electron chi connectivity index (χ1n) is 18.2. The van der Waals surface area contributed by atoms with Crippen LogP contribution in [0.3, 0.4) is 0 Å². The predicted octanol–water partition coefficient (Wildman–Crippen LogP) is 8.92. The summed E-state index contributed by atoms with van der Waals surface area (Å²) in [5.41, 5.74) is -5.01. The van der Waals surface area contributed by atoms with E-state index in [1.54, 1.807) is 31.2 Å². The van der Waals surface area contributed by atoms with Crippen LogP contribution in [-0.2, 0) is 22.7 Å². The molecule has 2 saturated heterocycles. The van der Waals surface area contributed by atoms with E-state index >= 15 is 0 Å². The molecule has 2 N–H and O–H groups in total. The maximum absolute atomic E-state index is 14.9. The minimum Gasteiger partial charge on any atom is -0.513 e. The zero-order valence-corrected chi connectivity index (χ0v) is 31.4. The molecule has 0 unspecified atom stereocenters. The molecule has 9 nitrogen and oxygen atoms in total. The van der Waals surface area contributed by atoms with Crippen molar-refractivity contribution in [3.63, 3.8) is 0 Å². The SMILES string of the molecule is C=C(O)CCC[C@@H](C)Oc1ccccc1C1(O)CCN(C(=O)[C@]2(Oc3csc(C(F)(F)F)c3)CCCN(C(=O)c3ncccc3C(F)(F)F)[C@@H]2CCC)CC1. The number of aliphatic hydroxyl groups is 2. The van der Waals surface area contributed by atoms with Crippen LogP contribution in [0.1, 0.15) is 98.1 Å². The van der Waals surface area contributed by atoms with Gasteiger partial charge in [0.05, 0.1) is 29.1 Å². The number of para-hydroxylation sites is 1. The number of likely N-dealkylation sites (tertiary alicyclic amines) is 2. The highest BCUT2D eigenvalue weighted by Crippen LogP contribution is 2.44. The molecule has 3 atom stereocenters. The van der Waals surface area contributed by atoms with Crippen LogP contribution in [-0.4, -0.2) is 74.2 Å². The monoisotopic (exact) mass is 797 g/mol. The van der Waals surface area contributed by atoms with Crippen molar-refractivity contribution in [2.24, 2.45) is 0 Å². The number of piperidine rings is 2. The van der Waals surface area contributed by atoms with Crippen LogP contribution in [0.2, 0.25) is 0 Å². The molecule has 5 rings (SSSR count).